The summed E-state index contributed by atoms with van der Waals surface area (Å²) in [5.41, 5.74) is 1.03. The van der Waals surface area contributed by atoms with Gasteiger partial charge in [-0.25, -0.2) is 8.42 Å². The highest BCUT2D eigenvalue weighted by Gasteiger charge is 2.17. The molecule has 1 unspecified atom stereocenters. The van der Waals surface area contributed by atoms with Gasteiger partial charge < -0.3 is 5.32 Å². The Morgan fingerprint density at radius 2 is 1.95 bits per heavy atom. The Hall–Kier alpha value is -0.580. The van der Waals surface area contributed by atoms with E-state index in [4.69, 9.17) is 11.6 Å². The van der Waals surface area contributed by atoms with Gasteiger partial charge in [0.25, 0.3) is 0 Å². The van der Waals surface area contributed by atoms with Crippen LogP contribution in [0, 0.1) is 0 Å². The number of benzene rings is 1. The van der Waals surface area contributed by atoms with Crippen LogP contribution in [-0.4, -0.2) is 33.0 Å². The number of sulfone groups is 1. The first-order valence-electron chi connectivity index (χ1n) is 7.15. The molecule has 1 aromatic carbocycles. The zero-order valence-electron chi connectivity index (χ0n) is 12.2. The molecule has 0 spiro atoms. The molecule has 3 nitrogen and oxygen atoms in total. The lowest BCUT2D eigenvalue weighted by Gasteiger charge is -2.19. The molecule has 0 aliphatic heterocycles. The molecule has 0 bridgehead atoms. The van der Waals surface area contributed by atoms with Gasteiger partial charge in [0.2, 0.25) is 0 Å². The van der Waals surface area contributed by atoms with Crippen LogP contribution in [0.25, 0.3) is 0 Å². The number of hydrogen-bond acceptors (Lipinski definition) is 3. The molecule has 0 heterocycles. The summed E-state index contributed by atoms with van der Waals surface area (Å²) in [5.74, 6) is 0.550. The Kier molecular flexibility index (Phi) is 7.56. The average molecular weight is 318 g/mol. The second-order valence-corrected chi connectivity index (χ2v) is 7.83. The molecule has 1 N–H and O–H groups in total. The third-order valence-corrected chi connectivity index (χ3v) is 5.46. The van der Waals surface area contributed by atoms with Crippen molar-refractivity contribution in [3.05, 3.63) is 34.9 Å². The molecule has 5 heteroatoms. The molecule has 0 saturated carbocycles. The Balaban J connectivity index is 2.78. The molecule has 0 radical (unpaired) electrons. The molecular formula is C15H24ClNO2S. The summed E-state index contributed by atoms with van der Waals surface area (Å²) < 4.78 is 23.4. The highest BCUT2D eigenvalue weighted by atomic mass is 35.5. The Morgan fingerprint density at radius 1 is 1.25 bits per heavy atom. The van der Waals surface area contributed by atoms with Gasteiger partial charge in [-0.05, 0) is 36.9 Å². The van der Waals surface area contributed by atoms with Crippen molar-refractivity contribution in [1.82, 2.24) is 5.32 Å². The van der Waals surface area contributed by atoms with Gasteiger partial charge in [-0.1, -0.05) is 43.6 Å². The van der Waals surface area contributed by atoms with E-state index in [9.17, 15) is 8.42 Å². The fraction of sp³-hybridized carbons (Fsp3) is 0.600. The lowest BCUT2D eigenvalue weighted by Crippen LogP contribution is -2.24. The quantitative estimate of drug-likeness (QED) is 0.711. The van der Waals surface area contributed by atoms with Gasteiger partial charge >= 0.3 is 0 Å². The topological polar surface area (TPSA) is 46.2 Å². The van der Waals surface area contributed by atoms with E-state index in [1.807, 2.05) is 24.3 Å². The predicted molar refractivity (Wildman–Crippen MR) is 86.3 cm³/mol. The van der Waals surface area contributed by atoms with Crippen molar-refractivity contribution >= 4 is 21.4 Å². The van der Waals surface area contributed by atoms with E-state index in [-0.39, 0.29) is 17.4 Å². The minimum atomic E-state index is -2.94. The zero-order valence-corrected chi connectivity index (χ0v) is 13.8. The van der Waals surface area contributed by atoms with E-state index in [0.717, 1.165) is 25.1 Å². The van der Waals surface area contributed by atoms with Crippen LogP contribution in [0.4, 0.5) is 0 Å². The van der Waals surface area contributed by atoms with Crippen molar-refractivity contribution in [3.8, 4) is 0 Å². The maximum absolute atomic E-state index is 11.7. The van der Waals surface area contributed by atoms with Crippen LogP contribution in [0.1, 0.15) is 38.2 Å². The summed E-state index contributed by atoms with van der Waals surface area (Å²) >= 11 is 6.24. The van der Waals surface area contributed by atoms with Crippen LogP contribution in [-0.2, 0) is 9.84 Å². The van der Waals surface area contributed by atoms with Gasteiger partial charge in [-0.2, -0.15) is 0 Å². The average Bonchev–Trinajstić information content (AvgIpc) is 2.44. The third kappa shape index (κ3) is 5.81. The first kappa shape index (κ1) is 17.5. The number of halogens is 1. The molecule has 0 amide bonds. The van der Waals surface area contributed by atoms with Crippen LogP contribution in [0.2, 0.25) is 5.02 Å². The number of hydrogen-bond donors (Lipinski definition) is 1. The maximum Gasteiger partial charge on any atom is 0.150 e. The highest BCUT2D eigenvalue weighted by molar-refractivity contribution is 7.91. The summed E-state index contributed by atoms with van der Waals surface area (Å²) in [7, 11) is -2.94. The van der Waals surface area contributed by atoms with E-state index in [1.165, 1.54) is 0 Å². The molecule has 1 rings (SSSR count). The summed E-state index contributed by atoms with van der Waals surface area (Å²) in [5, 5.41) is 4.07. The lowest BCUT2D eigenvalue weighted by molar-refractivity contribution is 0.555. The molecular weight excluding hydrogens is 294 g/mol. The first-order chi connectivity index (χ1) is 9.50. The van der Waals surface area contributed by atoms with Gasteiger partial charge in [0.15, 0.2) is 0 Å². The second-order valence-electron chi connectivity index (χ2n) is 4.95. The molecule has 1 atom stereocenters. The normalized spacial score (nSPS) is 13.3. The fourth-order valence-corrected chi connectivity index (χ4v) is 3.32. The molecule has 0 saturated heterocycles. The van der Waals surface area contributed by atoms with Crippen molar-refractivity contribution in [1.29, 1.82) is 0 Å². The minimum absolute atomic E-state index is 0.136. The largest absolute Gasteiger partial charge is 0.316 e. The number of rotatable bonds is 9. The van der Waals surface area contributed by atoms with Gasteiger partial charge in [-0.3, -0.25) is 0 Å². The van der Waals surface area contributed by atoms with E-state index >= 15 is 0 Å². The lowest BCUT2D eigenvalue weighted by atomic mass is 9.96. The van der Waals surface area contributed by atoms with E-state index in [2.05, 4.69) is 12.2 Å². The monoisotopic (exact) mass is 317 g/mol. The maximum atomic E-state index is 11.7. The smallest absolute Gasteiger partial charge is 0.150 e. The van der Waals surface area contributed by atoms with Crippen LogP contribution in [0.5, 0.6) is 0 Å². The Morgan fingerprint density at radius 3 is 2.55 bits per heavy atom. The Labute approximate surface area is 127 Å². The molecule has 0 aliphatic rings. The van der Waals surface area contributed by atoms with E-state index in [1.54, 1.807) is 6.92 Å². The molecule has 1 aromatic rings. The molecule has 0 aliphatic carbocycles. The van der Waals surface area contributed by atoms with Crippen molar-refractivity contribution in [3.63, 3.8) is 0 Å². The van der Waals surface area contributed by atoms with Crippen molar-refractivity contribution < 1.29 is 8.42 Å². The molecule has 0 fully saturated rings. The van der Waals surface area contributed by atoms with E-state index in [0.29, 0.717) is 11.4 Å². The summed E-state index contributed by atoms with van der Waals surface area (Å²) in [6.07, 6.45) is 1.67. The molecule has 114 valence electrons. The van der Waals surface area contributed by atoms with Gasteiger partial charge in [0.1, 0.15) is 9.84 Å². The van der Waals surface area contributed by atoms with Crippen molar-refractivity contribution in [2.24, 2.45) is 0 Å². The van der Waals surface area contributed by atoms with Gasteiger partial charge in [0.05, 0.1) is 5.75 Å². The third-order valence-electron chi connectivity index (χ3n) is 3.38. The minimum Gasteiger partial charge on any atom is -0.316 e. The van der Waals surface area contributed by atoms with Gasteiger partial charge in [0, 0.05) is 17.3 Å². The zero-order chi connectivity index (χ0) is 15.0. The molecule has 0 aromatic heterocycles. The molecule has 20 heavy (non-hydrogen) atoms. The Bertz CT molecular complexity index is 502. The van der Waals surface area contributed by atoms with Crippen LogP contribution in [0.15, 0.2) is 24.3 Å². The summed E-state index contributed by atoms with van der Waals surface area (Å²) in [6.45, 7) is 5.49. The number of nitrogens with one attached hydrogen (secondary N) is 1. The van der Waals surface area contributed by atoms with Crippen LogP contribution in [0.3, 0.4) is 0 Å². The van der Waals surface area contributed by atoms with Crippen LogP contribution >= 0.6 is 11.6 Å². The van der Waals surface area contributed by atoms with Crippen molar-refractivity contribution in [2.45, 2.75) is 32.6 Å². The SMILES string of the molecule is CCCNCC(CCS(=O)(=O)CC)c1ccccc1Cl. The second kappa shape index (κ2) is 8.65. The van der Waals surface area contributed by atoms with E-state index < -0.39 is 9.84 Å². The summed E-state index contributed by atoms with van der Waals surface area (Å²) in [4.78, 5) is 0. The van der Waals surface area contributed by atoms with Gasteiger partial charge in [-0.15, -0.1) is 0 Å². The van der Waals surface area contributed by atoms with Crippen molar-refractivity contribution in [2.75, 3.05) is 24.6 Å². The predicted octanol–water partition coefficient (Wildman–Crippen LogP) is 3.25. The van der Waals surface area contributed by atoms with Crippen LogP contribution < -0.4 is 5.32 Å². The fourth-order valence-electron chi connectivity index (χ4n) is 2.09. The standard InChI is InChI=1S/C15H24ClNO2S/c1-3-10-17-12-13(9-11-20(18,19)4-2)14-7-5-6-8-15(14)16/h5-8,13,17H,3-4,9-12H2,1-2H3. The summed E-state index contributed by atoms with van der Waals surface area (Å²) in [6, 6.07) is 7.69. The first-order valence-corrected chi connectivity index (χ1v) is 9.35. The highest BCUT2D eigenvalue weighted by Crippen LogP contribution is 2.27.